The van der Waals surface area contributed by atoms with Crippen LogP contribution >= 0.6 is 0 Å². The van der Waals surface area contributed by atoms with E-state index in [0.717, 1.165) is 11.3 Å². The maximum absolute atomic E-state index is 8.44. The third-order valence-electron chi connectivity index (χ3n) is 1.26. The van der Waals surface area contributed by atoms with Gasteiger partial charge in [-0.3, -0.25) is 4.57 Å². The molecule has 46 valence electrons. The van der Waals surface area contributed by atoms with Crippen molar-refractivity contribution in [2.24, 2.45) is 0 Å². The third kappa shape index (κ3) is 0.945. The normalized spacial score (nSPS) is 9.00. The topological polar surface area (TPSA) is 28.7 Å². The number of nitrogens with zero attached hydrogens (tertiary/aromatic N) is 2. The average Bonchev–Trinajstić information content (AvgIpc) is 2.10. The van der Waals surface area contributed by atoms with Crippen LogP contribution in [0, 0.1) is 25.3 Å². The van der Waals surface area contributed by atoms with E-state index in [-0.39, 0.29) is 0 Å². The molecule has 0 radical (unpaired) electrons. The fraction of sp³-hybridized carbons (Fsp3) is 0.286. The summed E-state index contributed by atoms with van der Waals surface area (Å²) in [6, 6.07) is 1.98. The highest BCUT2D eigenvalue weighted by Gasteiger charge is 1.93. The van der Waals surface area contributed by atoms with E-state index in [1.165, 1.54) is 0 Å². The first-order valence-corrected chi connectivity index (χ1v) is 2.80. The van der Waals surface area contributed by atoms with Crippen LogP contribution in [-0.4, -0.2) is 4.57 Å². The molecule has 0 aliphatic heterocycles. The Labute approximate surface area is 54.3 Å². The lowest BCUT2D eigenvalue weighted by Gasteiger charge is -1.85. The second kappa shape index (κ2) is 1.94. The number of aryl methyl sites for hydroxylation is 2. The van der Waals surface area contributed by atoms with E-state index in [1.54, 1.807) is 4.57 Å². The maximum Gasteiger partial charge on any atom is 0.188 e. The van der Waals surface area contributed by atoms with Crippen molar-refractivity contribution in [2.45, 2.75) is 13.8 Å². The Morgan fingerprint density at radius 2 is 2.22 bits per heavy atom. The summed E-state index contributed by atoms with van der Waals surface area (Å²) >= 11 is 0. The lowest BCUT2D eigenvalue weighted by molar-refractivity contribution is 1.03. The molecule has 0 amide bonds. The Morgan fingerprint density at radius 3 is 2.44 bits per heavy atom. The van der Waals surface area contributed by atoms with E-state index in [0.29, 0.717) is 0 Å². The van der Waals surface area contributed by atoms with Crippen molar-refractivity contribution in [3.8, 4) is 6.19 Å². The van der Waals surface area contributed by atoms with Crippen molar-refractivity contribution in [1.29, 1.82) is 5.26 Å². The first-order chi connectivity index (χ1) is 4.24. The van der Waals surface area contributed by atoms with E-state index in [9.17, 15) is 0 Å². The summed E-state index contributed by atoms with van der Waals surface area (Å²) in [5, 5.41) is 8.44. The quantitative estimate of drug-likeness (QED) is 0.509. The largest absolute Gasteiger partial charge is 0.259 e. The Morgan fingerprint density at radius 1 is 1.56 bits per heavy atom. The second-order valence-corrected chi connectivity index (χ2v) is 2.13. The standard InChI is InChI=1S/C7H8N2/c1-6-3-7(2)9(4-6)5-8/h3-4H,1-2H3. The SMILES string of the molecule is Cc1cc(C)n(C#N)c1. The molecule has 2 heteroatoms. The summed E-state index contributed by atoms with van der Waals surface area (Å²) in [6.07, 6.45) is 3.85. The van der Waals surface area contributed by atoms with Crippen LogP contribution in [-0.2, 0) is 0 Å². The zero-order valence-corrected chi connectivity index (χ0v) is 5.55. The molecule has 0 aliphatic rings. The molecule has 0 saturated heterocycles. The molecular formula is C7H8N2. The van der Waals surface area contributed by atoms with Gasteiger partial charge in [0.2, 0.25) is 0 Å². The van der Waals surface area contributed by atoms with Crippen LogP contribution in [0.25, 0.3) is 0 Å². The monoisotopic (exact) mass is 120 g/mol. The zero-order valence-electron chi connectivity index (χ0n) is 5.55. The highest BCUT2D eigenvalue weighted by molar-refractivity contribution is 5.18. The first-order valence-electron chi connectivity index (χ1n) is 2.80. The van der Waals surface area contributed by atoms with Crippen molar-refractivity contribution >= 4 is 0 Å². The molecule has 0 aromatic carbocycles. The molecule has 0 saturated carbocycles. The fourth-order valence-corrected chi connectivity index (χ4v) is 0.849. The van der Waals surface area contributed by atoms with Gasteiger partial charge in [-0.25, -0.2) is 0 Å². The highest BCUT2D eigenvalue weighted by atomic mass is 14.9. The number of rotatable bonds is 0. The second-order valence-electron chi connectivity index (χ2n) is 2.13. The summed E-state index contributed by atoms with van der Waals surface area (Å²) in [4.78, 5) is 0. The molecule has 0 spiro atoms. The van der Waals surface area contributed by atoms with Crippen molar-refractivity contribution in [2.75, 3.05) is 0 Å². The molecule has 0 fully saturated rings. The van der Waals surface area contributed by atoms with E-state index in [4.69, 9.17) is 5.26 Å². The van der Waals surface area contributed by atoms with Gasteiger partial charge in [0.05, 0.1) is 0 Å². The molecular weight excluding hydrogens is 112 g/mol. The van der Waals surface area contributed by atoms with Gasteiger partial charge in [0.25, 0.3) is 0 Å². The molecule has 1 rings (SSSR count). The van der Waals surface area contributed by atoms with Crippen LogP contribution in [0.1, 0.15) is 11.3 Å². The van der Waals surface area contributed by atoms with Crippen LogP contribution in [0.3, 0.4) is 0 Å². The van der Waals surface area contributed by atoms with Gasteiger partial charge in [-0.15, -0.1) is 0 Å². The van der Waals surface area contributed by atoms with Gasteiger partial charge in [-0.1, -0.05) is 0 Å². The minimum Gasteiger partial charge on any atom is -0.259 e. The van der Waals surface area contributed by atoms with Crippen molar-refractivity contribution in [3.63, 3.8) is 0 Å². The summed E-state index contributed by atoms with van der Waals surface area (Å²) in [5.74, 6) is 0. The van der Waals surface area contributed by atoms with Gasteiger partial charge in [-0.2, -0.15) is 5.26 Å². The minimum absolute atomic E-state index is 0.995. The predicted molar refractivity (Wildman–Crippen MR) is 34.9 cm³/mol. The van der Waals surface area contributed by atoms with Gasteiger partial charge < -0.3 is 0 Å². The lowest BCUT2D eigenvalue weighted by atomic mass is 10.4. The Balaban J connectivity index is 3.20. The van der Waals surface area contributed by atoms with E-state index >= 15 is 0 Å². The highest BCUT2D eigenvalue weighted by Crippen LogP contribution is 2.03. The number of aromatic nitrogens is 1. The molecule has 0 bridgehead atoms. The smallest absolute Gasteiger partial charge is 0.188 e. The third-order valence-corrected chi connectivity index (χ3v) is 1.26. The molecule has 0 N–H and O–H groups in total. The molecule has 1 aromatic rings. The van der Waals surface area contributed by atoms with Crippen LogP contribution in [0.15, 0.2) is 12.3 Å². The Kier molecular flexibility index (Phi) is 1.27. The summed E-state index contributed by atoms with van der Waals surface area (Å²) < 4.78 is 1.55. The molecule has 1 heterocycles. The molecule has 0 aliphatic carbocycles. The average molecular weight is 120 g/mol. The van der Waals surface area contributed by atoms with Crippen LogP contribution < -0.4 is 0 Å². The fourth-order valence-electron chi connectivity index (χ4n) is 0.849. The van der Waals surface area contributed by atoms with Crippen molar-refractivity contribution < 1.29 is 0 Å². The first kappa shape index (κ1) is 5.90. The number of nitriles is 1. The number of hydrogen-bond donors (Lipinski definition) is 0. The van der Waals surface area contributed by atoms with Crippen molar-refractivity contribution in [1.82, 2.24) is 4.57 Å². The van der Waals surface area contributed by atoms with Gasteiger partial charge in [0, 0.05) is 11.9 Å². The van der Waals surface area contributed by atoms with Crippen LogP contribution in [0.5, 0.6) is 0 Å². The Hall–Kier alpha value is -1.23. The Bertz CT molecular complexity index is 252. The lowest BCUT2D eigenvalue weighted by Crippen LogP contribution is -1.85. The summed E-state index contributed by atoms with van der Waals surface area (Å²) in [7, 11) is 0. The zero-order chi connectivity index (χ0) is 6.85. The molecule has 2 nitrogen and oxygen atoms in total. The van der Waals surface area contributed by atoms with E-state index in [2.05, 4.69) is 0 Å². The molecule has 0 unspecified atom stereocenters. The maximum atomic E-state index is 8.44. The molecule has 1 aromatic heterocycles. The molecule has 9 heavy (non-hydrogen) atoms. The van der Waals surface area contributed by atoms with Crippen LogP contribution in [0.2, 0.25) is 0 Å². The van der Waals surface area contributed by atoms with Gasteiger partial charge in [0.1, 0.15) is 0 Å². The van der Waals surface area contributed by atoms with Gasteiger partial charge >= 0.3 is 0 Å². The van der Waals surface area contributed by atoms with E-state index in [1.807, 2.05) is 32.3 Å². The molecule has 0 atom stereocenters. The van der Waals surface area contributed by atoms with Gasteiger partial charge in [-0.05, 0) is 25.5 Å². The summed E-state index contributed by atoms with van der Waals surface area (Å²) in [6.45, 7) is 3.89. The van der Waals surface area contributed by atoms with E-state index < -0.39 is 0 Å². The van der Waals surface area contributed by atoms with Crippen molar-refractivity contribution in [3.05, 3.63) is 23.5 Å². The summed E-state index contributed by atoms with van der Waals surface area (Å²) in [5.41, 5.74) is 2.13. The van der Waals surface area contributed by atoms with Gasteiger partial charge in [0.15, 0.2) is 6.19 Å². The minimum atomic E-state index is 0.995. The predicted octanol–water partition coefficient (Wildman–Crippen LogP) is 1.43. The van der Waals surface area contributed by atoms with Crippen LogP contribution in [0.4, 0.5) is 0 Å². The number of hydrogen-bond acceptors (Lipinski definition) is 1.